The average molecular weight is 313 g/mol. The van der Waals surface area contributed by atoms with Crippen molar-refractivity contribution in [3.8, 4) is 0 Å². The molecule has 1 aromatic rings. The maximum atomic E-state index is 13.3. The molecular formula is C15H20FNO3S. The summed E-state index contributed by atoms with van der Waals surface area (Å²) in [5.74, 6) is -0.602. The normalized spacial score (nSPS) is 21.0. The number of halogens is 1. The molecule has 1 saturated heterocycles. The first-order valence-corrected chi connectivity index (χ1v) is 8.62. The Kier molecular flexibility index (Phi) is 5.11. The van der Waals surface area contributed by atoms with E-state index in [2.05, 4.69) is 0 Å². The summed E-state index contributed by atoms with van der Waals surface area (Å²) in [7, 11) is -3.76. The lowest BCUT2D eigenvalue weighted by molar-refractivity contribution is -0.117. The molecule has 0 spiro atoms. The van der Waals surface area contributed by atoms with Crippen molar-refractivity contribution in [3.63, 3.8) is 0 Å². The Labute approximate surface area is 125 Å². The largest absolute Gasteiger partial charge is 0.300 e. The second kappa shape index (κ2) is 6.66. The van der Waals surface area contributed by atoms with Crippen LogP contribution in [-0.4, -0.2) is 31.1 Å². The molecule has 116 valence electrons. The Balaban J connectivity index is 2.36. The van der Waals surface area contributed by atoms with Crippen LogP contribution in [0.2, 0.25) is 0 Å². The van der Waals surface area contributed by atoms with Crippen molar-refractivity contribution in [2.24, 2.45) is 0 Å². The highest BCUT2D eigenvalue weighted by Gasteiger charge is 2.33. The van der Waals surface area contributed by atoms with Gasteiger partial charge in [0.25, 0.3) is 0 Å². The van der Waals surface area contributed by atoms with Crippen LogP contribution < -0.4 is 0 Å². The molecule has 0 N–H and O–H groups in total. The molecule has 0 bridgehead atoms. The monoisotopic (exact) mass is 313 g/mol. The smallest absolute Gasteiger partial charge is 0.243 e. The highest BCUT2D eigenvalue weighted by molar-refractivity contribution is 7.89. The fourth-order valence-electron chi connectivity index (χ4n) is 2.77. The summed E-state index contributed by atoms with van der Waals surface area (Å²) < 4.78 is 40.2. The van der Waals surface area contributed by atoms with Gasteiger partial charge < -0.3 is 0 Å². The maximum Gasteiger partial charge on any atom is 0.243 e. The van der Waals surface area contributed by atoms with Gasteiger partial charge in [0.15, 0.2) is 0 Å². The molecule has 4 nitrogen and oxygen atoms in total. The van der Waals surface area contributed by atoms with Crippen molar-refractivity contribution in [1.29, 1.82) is 0 Å². The third-order valence-electron chi connectivity index (χ3n) is 3.75. The summed E-state index contributed by atoms with van der Waals surface area (Å²) in [6, 6.07) is 4.71. The molecule has 0 saturated carbocycles. The predicted molar refractivity (Wildman–Crippen MR) is 77.8 cm³/mol. The van der Waals surface area contributed by atoms with Crippen LogP contribution in [0.15, 0.2) is 29.2 Å². The first-order chi connectivity index (χ1) is 9.91. The number of sulfonamides is 1. The molecule has 0 aliphatic carbocycles. The number of benzene rings is 1. The molecule has 1 fully saturated rings. The van der Waals surface area contributed by atoms with Gasteiger partial charge >= 0.3 is 0 Å². The SMILES string of the molecule is CC(=O)CC1CCCCCN1S(=O)(=O)c1cccc(F)c1. The molecule has 0 amide bonds. The summed E-state index contributed by atoms with van der Waals surface area (Å²) in [5, 5.41) is 0. The van der Waals surface area contributed by atoms with E-state index in [1.54, 1.807) is 0 Å². The zero-order valence-electron chi connectivity index (χ0n) is 12.1. The lowest BCUT2D eigenvalue weighted by Gasteiger charge is -2.28. The van der Waals surface area contributed by atoms with E-state index in [1.165, 1.54) is 29.4 Å². The van der Waals surface area contributed by atoms with Crippen molar-refractivity contribution >= 4 is 15.8 Å². The molecule has 1 aliphatic heterocycles. The van der Waals surface area contributed by atoms with Gasteiger partial charge in [0.05, 0.1) is 4.90 Å². The Morgan fingerprint density at radius 2 is 2.10 bits per heavy atom. The van der Waals surface area contributed by atoms with Crippen LogP contribution in [0, 0.1) is 5.82 Å². The molecule has 6 heteroatoms. The highest BCUT2D eigenvalue weighted by atomic mass is 32.2. The van der Waals surface area contributed by atoms with Crippen molar-refractivity contribution in [2.75, 3.05) is 6.54 Å². The lowest BCUT2D eigenvalue weighted by atomic mass is 10.1. The van der Waals surface area contributed by atoms with Crippen molar-refractivity contribution < 1.29 is 17.6 Å². The van der Waals surface area contributed by atoms with Crippen LogP contribution >= 0.6 is 0 Å². The quantitative estimate of drug-likeness (QED) is 0.859. The van der Waals surface area contributed by atoms with E-state index in [-0.39, 0.29) is 23.1 Å². The van der Waals surface area contributed by atoms with Crippen molar-refractivity contribution in [3.05, 3.63) is 30.1 Å². The Morgan fingerprint density at radius 1 is 1.33 bits per heavy atom. The van der Waals surface area contributed by atoms with Crippen LogP contribution in [0.5, 0.6) is 0 Å². The minimum atomic E-state index is -3.76. The minimum Gasteiger partial charge on any atom is -0.300 e. The Hall–Kier alpha value is -1.27. The highest BCUT2D eigenvalue weighted by Crippen LogP contribution is 2.26. The van der Waals surface area contributed by atoms with Crippen LogP contribution in [0.3, 0.4) is 0 Å². The molecular weight excluding hydrogens is 293 g/mol. The maximum absolute atomic E-state index is 13.3. The molecule has 2 rings (SSSR count). The van der Waals surface area contributed by atoms with Gasteiger partial charge in [-0.15, -0.1) is 0 Å². The number of carbonyl (C=O) groups is 1. The van der Waals surface area contributed by atoms with Crippen molar-refractivity contribution in [2.45, 2.75) is 50.0 Å². The molecule has 1 unspecified atom stereocenters. The van der Waals surface area contributed by atoms with Crippen LogP contribution in [0.4, 0.5) is 4.39 Å². The van der Waals surface area contributed by atoms with E-state index in [0.717, 1.165) is 25.3 Å². The zero-order valence-corrected chi connectivity index (χ0v) is 12.9. The molecule has 1 atom stereocenters. The van der Waals surface area contributed by atoms with Gasteiger partial charge in [-0.05, 0) is 38.0 Å². The fourth-order valence-corrected chi connectivity index (χ4v) is 4.49. The Morgan fingerprint density at radius 3 is 2.76 bits per heavy atom. The number of Topliss-reactive ketones (excluding diaryl/α,β-unsaturated/α-hetero) is 1. The third-order valence-corrected chi connectivity index (χ3v) is 5.70. The second-order valence-corrected chi connectivity index (χ2v) is 7.37. The van der Waals surface area contributed by atoms with E-state index < -0.39 is 15.8 Å². The summed E-state index contributed by atoms with van der Waals surface area (Å²) in [6.07, 6.45) is 3.52. The predicted octanol–water partition coefficient (Wildman–Crippen LogP) is 2.74. The lowest BCUT2D eigenvalue weighted by Crippen LogP contribution is -2.40. The molecule has 0 radical (unpaired) electrons. The molecule has 1 heterocycles. The van der Waals surface area contributed by atoms with Gasteiger partial charge in [-0.1, -0.05) is 18.9 Å². The van der Waals surface area contributed by atoms with Gasteiger partial charge in [-0.25, -0.2) is 12.8 Å². The first kappa shape index (κ1) is 16.1. The van der Waals surface area contributed by atoms with Crippen LogP contribution in [0.1, 0.15) is 39.0 Å². The van der Waals surface area contributed by atoms with Gasteiger partial charge in [0, 0.05) is 19.0 Å². The van der Waals surface area contributed by atoms with Gasteiger partial charge in [-0.2, -0.15) is 4.31 Å². The van der Waals surface area contributed by atoms with Crippen LogP contribution in [-0.2, 0) is 14.8 Å². The average Bonchev–Trinajstić information content (AvgIpc) is 2.64. The van der Waals surface area contributed by atoms with E-state index in [9.17, 15) is 17.6 Å². The fraction of sp³-hybridized carbons (Fsp3) is 0.533. The third kappa shape index (κ3) is 3.89. The van der Waals surface area contributed by atoms with Crippen molar-refractivity contribution in [1.82, 2.24) is 4.31 Å². The summed E-state index contributed by atoms with van der Waals surface area (Å²) >= 11 is 0. The number of rotatable bonds is 4. The second-order valence-electron chi connectivity index (χ2n) is 5.48. The molecule has 1 aliphatic rings. The topological polar surface area (TPSA) is 54.5 Å². The zero-order chi connectivity index (χ0) is 15.5. The Bertz CT molecular complexity index is 615. The molecule has 1 aromatic carbocycles. The van der Waals surface area contributed by atoms with Crippen LogP contribution in [0.25, 0.3) is 0 Å². The number of nitrogens with zero attached hydrogens (tertiary/aromatic N) is 1. The summed E-state index contributed by atoms with van der Waals surface area (Å²) in [5.41, 5.74) is 0. The van der Waals surface area contributed by atoms with E-state index in [4.69, 9.17) is 0 Å². The van der Waals surface area contributed by atoms with Gasteiger partial charge in [0.1, 0.15) is 11.6 Å². The molecule has 21 heavy (non-hydrogen) atoms. The standard InChI is InChI=1S/C15H20FNO3S/c1-12(18)10-14-7-3-2-4-9-17(14)21(19,20)15-8-5-6-13(16)11-15/h5-6,8,11,14H,2-4,7,9-10H2,1H3. The first-order valence-electron chi connectivity index (χ1n) is 7.18. The van der Waals surface area contributed by atoms with E-state index in [0.29, 0.717) is 13.0 Å². The minimum absolute atomic E-state index is 0.0265. The summed E-state index contributed by atoms with van der Waals surface area (Å²) in [4.78, 5) is 11.4. The van der Waals surface area contributed by atoms with E-state index in [1.807, 2.05) is 0 Å². The molecule has 0 aromatic heterocycles. The number of hydrogen-bond acceptors (Lipinski definition) is 3. The summed E-state index contributed by atoms with van der Waals surface area (Å²) in [6.45, 7) is 1.86. The number of carbonyl (C=O) groups excluding carboxylic acids is 1. The van der Waals surface area contributed by atoms with Gasteiger partial charge in [-0.3, -0.25) is 4.79 Å². The number of hydrogen-bond donors (Lipinski definition) is 0. The number of ketones is 1. The van der Waals surface area contributed by atoms with E-state index >= 15 is 0 Å². The van der Waals surface area contributed by atoms with Gasteiger partial charge in [0.2, 0.25) is 10.0 Å².